The number of carbonyl (C=O) groups is 2. The fraction of sp³-hybridized carbons (Fsp3) is 0.333. The van der Waals surface area contributed by atoms with Gasteiger partial charge in [-0.25, -0.2) is 0 Å². The summed E-state index contributed by atoms with van der Waals surface area (Å²) in [4.78, 5) is 23.1. The normalized spacial score (nSPS) is 18.7. The molecule has 0 fully saturated rings. The number of hydrogen-bond donors (Lipinski definition) is 2. The molecule has 3 N–H and O–H groups in total. The quantitative estimate of drug-likeness (QED) is 0.745. The van der Waals surface area contributed by atoms with Crippen LogP contribution in [0.15, 0.2) is 12.1 Å². The van der Waals surface area contributed by atoms with Crippen LogP contribution in [0.4, 0.5) is 5.69 Å². The lowest BCUT2D eigenvalue weighted by Crippen LogP contribution is -2.42. The van der Waals surface area contributed by atoms with Crippen LogP contribution in [0.1, 0.15) is 29.3 Å². The summed E-state index contributed by atoms with van der Waals surface area (Å²) in [6.07, 6.45) is 1.28. The molecule has 0 saturated carbocycles. The number of halogens is 1. The van der Waals surface area contributed by atoms with Gasteiger partial charge in [-0.2, -0.15) is 0 Å². The summed E-state index contributed by atoms with van der Waals surface area (Å²) in [6, 6.07) is 2.85. The average molecular weight is 253 g/mol. The van der Waals surface area contributed by atoms with Crippen molar-refractivity contribution in [3.63, 3.8) is 0 Å². The van der Waals surface area contributed by atoms with Crippen LogP contribution < -0.4 is 11.1 Å². The van der Waals surface area contributed by atoms with Crippen molar-refractivity contribution in [1.29, 1.82) is 0 Å². The van der Waals surface area contributed by atoms with E-state index in [1.165, 1.54) is 6.92 Å². The number of Topliss-reactive ketones (excluding diaryl/α,β-unsaturated/α-hetero) is 1. The number of nitrogens with two attached hydrogens (primary N) is 1. The van der Waals surface area contributed by atoms with Crippen LogP contribution in [-0.4, -0.2) is 17.7 Å². The summed E-state index contributed by atoms with van der Waals surface area (Å²) in [5.74, 6) is -0.338. The van der Waals surface area contributed by atoms with Gasteiger partial charge in [0, 0.05) is 23.2 Å². The second-order valence-electron chi connectivity index (χ2n) is 4.19. The molecule has 1 aliphatic rings. The lowest BCUT2D eigenvalue weighted by molar-refractivity contribution is -0.119. The van der Waals surface area contributed by atoms with Crippen LogP contribution in [0.5, 0.6) is 0 Å². The van der Waals surface area contributed by atoms with Crippen molar-refractivity contribution < 1.29 is 9.59 Å². The molecule has 90 valence electrons. The number of carbonyl (C=O) groups excluding carboxylic acids is 2. The van der Waals surface area contributed by atoms with E-state index >= 15 is 0 Å². The Labute approximate surface area is 104 Å². The Bertz CT molecular complexity index is 500. The van der Waals surface area contributed by atoms with Gasteiger partial charge in [-0.05, 0) is 30.5 Å². The number of amides is 1. The van der Waals surface area contributed by atoms with Gasteiger partial charge in [0.2, 0.25) is 5.91 Å². The van der Waals surface area contributed by atoms with Gasteiger partial charge in [-0.1, -0.05) is 11.6 Å². The topological polar surface area (TPSA) is 72.2 Å². The van der Waals surface area contributed by atoms with Gasteiger partial charge < -0.3 is 11.1 Å². The number of benzene rings is 1. The number of aryl methyl sites for hydroxylation is 1. The molecule has 1 aliphatic carbocycles. The van der Waals surface area contributed by atoms with Crippen molar-refractivity contribution in [3.8, 4) is 0 Å². The molecule has 0 bridgehead atoms. The third-order valence-electron chi connectivity index (χ3n) is 2.86. The van der Waals surface area contributed by atoms with Gasteiger partial charge in [-0.15, -0.1) is 0 Å². The Morgan fingerprint density at radius 2 is 2.24 bits per heavy atom. The zero-order valence-electron chi connectivity index (χ0n) is 9.42. The molecule has 1 aromatic carbocycles. The van der Waals surface area contributed by atoms with Crippen LogP contribution >= 0.6 is 11.6 Å². The van der Waals surface area contributed by atoms with Crippen LogP contribution in [-0.2, 0) is 11.2 Å². The average Bonchev–Trinajstić information content (AvgIpc) is 2.20. The maximum absolute atomic E-state index is 12.1. The van der Waals surface area contributed by atoms with Crippen LogP contribution in [0.25, 0.3) is 0 Å². The van der Waals surface area contributed by atoms with Crippen molar-refractivity contribution in [1.82, 2.24) is 5.32 Å². The third kappa shape index (κ3) is 2.26. The molecule has 4 nitrogen and oxygen atoms in total. The lowest BCUT2D eigenvalue weighted by atomic mass is 9.86. The highest BCUT2D eigenvalue weighted by Crippen LogP contribution is 2.29. The predicted octanol–water partition coefficient (Wildman–Crippen LogP) is 1.56. The van der Waals surface area contributed by atoms with E-state index in [1.54, 1.807) is 12.1 Å². The summed E-state index contributed by atoms with van der Waals surface area (Å²) in [5.41, 5.74) is 7.55. The Morgan fingerprint density at radius 3 is 2.88 bits per heavy atom. The second-order valence-corrected chi connectivity index (χ2v) is 4.62. The minimum absolute atomic E-state index is 0.129. The van der Waals surface area contributed by atoms with E-state index in [2.05, 4.69) is 5.32 Å². The lowest BCUT2D eigenvalue weighted by Gasteiger charge is -2.25. The standard InChI is InChI=1S/C12H13ClN2O2/c1-6(16)15-10-3-2-7-4-8(13)5-9(14)11(7)12(10)17/h4-5,10H,2-3,14H2,1H3,(H,15,16). The van der Waals surface area contributed by atoms with Gasteiger partial charge in [0.25, 0.3) is 0 Å². The molecule has 1 unspecified atom stereocenters. The number of nitrogen functional groups attached to an aromatic ring is 1. The second kappa shape index (κ2) is 4.37. The molecule has 0 saturated heterocycles. The maximum Gasteiger partial charge on any atom is 0.217 e. The highest BCUT2D eigenvalue weighted by Gasteiger charge is 2.29. The van der Waals surface area contributed by atoms with E-state index in [4.69, 9.17) is 17.3 Å². The molecule has 2 rings (SSSR count). The van der Waals surface area contributed by atoms with Crippen LogP contribution in [0, 0.1) is 0 Å². The summed E-state index contributed by atoms with van der Waals surface area (Å²) in [7, 11) is 0. The first-order valence-corrected chi connectivity index (χ1v) is 5.76. The van der Waals surface area contributed by atoms with Crippen molar-refractivity contribution in [2.24, 2.45) is 0 Å². The van der Waals surface area contributed by atoms with Gasteiger partial charge in [0.15, 0.2) is 5.78 Å². The molecule has 0 heterocycles. The Morgan fingerprint density at radius 1 is 1.53 bits per heavy atom. The zero-order chi connectivity index (χ0) is 12.6. The SMILES string of the molecule is CC(=O)NC1CCc2cc(Cl)cc(N)c2C1=O. The first-order valence-electron chi connectivity index (χ1n) is 5.38. The summed E-state index contributed by atoms with van der Waals surface area (Å²) >= 11 is 5.89. The molecule has 0 radical (unpaired) electrons. The van der Waals surface area contributed by atoms with E-state index in [-0.39, 0.29) is 11.7 Å². The number of anilines is 1. The van der Waals surface area contributed by atoms with Crippen LogP contribution in [0.2, 0.25) is 5.02 Å². The van der Waals surface area contributed by atoms with E-state index in [1.807, 2.05) is 0 Å². The van der Waals surface area contributed by atoms with E-state index < -0.39 is 6.04 Å². The van der Waals surface area contributed by atoms with Gasteiger partial charge in [0.05, 0.1) is 6.04 Å². The van der Waals surface area contributed by atoms with Crippen molar-refractivity contribution >= 4 is 29.0 Å². The number of fused-ring (bicyclic) bond motifs is 1. The summed E-state index contributed by atoms with van der Waals surface area (Å²) in [6.45, 7) is 1.40. The summed E-state index contributed by atoms with van der Waals surface area (Å²) < 4.78 is 0. The monoisotopic (exact) mass is 252 g/mol. The molecule has 0 aromatic heterocycles. The zero-order valence-corrected chi connectivity index (χ0v) is 10.2. The molecule has 1 atom stereocenters. The first-order chi connectivity index (χ1) is 7.99. The predicted molar refractivity (Wildman–Crippen MR) is 66.1 cm³/mol. The van der Waals surface area contributed by atoms with E-state index in [0.717, 1.165) is 5.56 Å². The smallest absolute Gasteiger partial charge is 0.217 e. The molecule has 0 spiro atoms. The van der Waals surface area contributed by atoms with E-state index in [0.29, 0.717) is 29.1 Å². The highest BCUT2D eigenvalue weighted by atomic mass is 35.5. The Kier molecular flexibility index (Phi) is 3.07. The van der Waals surface area contributed by atoms with Gasteiger partial charge in [-0.3, -0.25) is 9.59 Å². The first kappa shape index (κ1) is 11.9. The van der Waals surface area contributed by atoms with Crippen molar-refractivity contribution in [3.05, 3.63) is 28.3 Å². The van der Waals surface area contributed by atoms with Gasteiger partial charge >= 0.3 is 0 Å². The minimum atomic E-state index is -0.469. The largest absolute Gasteiger partial charge is 0.398 e. The Balaban J connectivity index is 2.38. The third-order valence-corrected chi connectivity index (χ3v) is 3.08. The number of ketones is 1. The summed E-state index contributed by atoms with van der Waals surface area (Å²) in [5, 5.41) is 3.17. The molecular formula is C12H13ClN2O2. The van der Waals surface area contributed by atoms with Crippen molar-refractivity contribution in [2.75, 3.05) is 5.73 Å². The van der Waals surface area contributed by atoms with Crippen molar-refractivity contribution in [2.45, 2.75) is 25.8 Å². The van der Waals surface area contributed by atoms with E-state index in [9.17, 15) is 9.59 Å². The number of rotatable bonds is 1. The van der Waals surface area contributed by atoms with Gasteiger partial charge in [0.1, 0.15) is 0 Å². The molecule has 1 amide bonds. The molecule has 0 aliphatic heterocycles. The fourth-order valence-electron chi connectivity index (χ4n) is 2.17. The maximum atomic E-state index is 12.1. The molecule has 1 aromatic rings. The number of hydrogen-bond acceptors (Lipinski definition) is 3. The number of nitrogens with one attached hydrogen (secondary N) is 1. The molecule has 5 heteroatoms. The fourth-order valence-corrected chi connectivity index (χ4v) is 2.42. The minimum Gasteiger partial charge on any atom is -0.398 e. The highest BCUT2D eigenvalue weighted by molar-refractivity contribution is 6.31. The molecule has 17 heavy (non-hydrogen) atoms. The Hall–Kier alpha value is -1.55. The van der Waals surface area contributed by atoms with Crippen LogP contribution in [0.3, 0.4) is 0 Å². The molecular weight excluding hydrogens is 240 g/mol.